The SMILES string of the molecule is CC12CC3(C)CC(C)(C1)CC(Cn1cc(-c4ccc(N5CCc6cccc(C(=O)Nc7nc8ccccc8s7)c6C5)nc4C(=O)OC(C)(C)C)cn1)(C2)C3. The summed E-state index contributed by atoms with van der Waals surface area (Å²) in [4.78, 5) is 39.4. The number of benzene rings is 2. The minimum atomic E-state index is -0.688. The molecule has 0 saturated heterocycles. The zero-order valence-electron chi connectivity index (χ0n) is 32.3. The van der Waals surface area contributed by atoms with Gasteiger partial charge in [-0.05, 0) is 129 Å². The van der Waals surface area contributed by atoms with Crippen molar-refractivity contribution >= 4 is 44.4 Å². The topological polar surface area (TPSA) is 102 Å². The Morgan fingerprint density at radius 1 is 0.889 bits per heavy atom. The molecule has 10 heteroatoms. The molecule has 10 rings (SSSR count). The van der Waals surface area contributed by atoms with Gasteiger partial charge in [-0.1, -0.05) is 56.4 Å². The maximum absolute atomic E-state index is 13.9. The molecular formula is C44H50N6O3S. The van der Waals surface area contributed by atoms with Crippen LogP contribution in [0.5, 0.6) is 0 Å². The molecule has 0 unspecified atom stereocenters. The average molecular weight is 743 g/mol. The Bertz CT molecular complexity index is 2230. The number of fused-ring (bicyclic) bond motifs is 2. The van der Waals surface area contributed by atoms with Crippen molar-refractivity contribution < 1.29 is 14.3 Å². The lowest BCUT2D eigenvalue weighted by Gasteiger charge is -2.69. The average Bonchev–Trinajstić information content (AvgIpc) is 3.70. The van der Waals surface area contributed by atoms with Gasteiger partial charge in [0, 0.05) is 42.5 Å². The van der Waals surface area contributed by atoms with Crippen LogP contribution in [0.25, 0.3) is 21.3 Å². The van der Waals surface area contributed by atoms with Gasteiger partial charge in [0.25, 0.3) is 5.91 Å². The van der Waals surface area contributed by atoms with Crippen LogP contribution in [0.15, 0.2) is 67.0 Å². The van der Waals surface area contributed by atoms with E-state index >= 15 is 0 Å². The van der Waals surface area contributed by atoms with Gasteiger partial charge in [0.05, 0.1) is 16.4 Å². The minimum absolute atomic E-state index is 0.187. The van der Waals surface area contributed by atoms with Gasteiger partial charge in [-0.15, -0.1) is 0 Å². The Hall–Kier alpha value is -4.57. The monoisotopic (exact) mass is 742 g/mol. The Morgan fingerprint density at radius 3 is 2.31 bits per heavy atom. The van der Waals surface area contributed by atoms with Crippen LogP contribution in [-0.4, -0.2) is 43.8 Å². The smallest absolute Gasteiger partial charge is 0.358 e. The van der Waals surface area contributed by atoms with Crippen molar-refractivity contribution in [3.05, 3.63) is 89.4 Å². The first-order valence-corrected chi connectivity index (χ1v) is 20.2. The maximum Gasteiger partial charge on any atom is 0.358 e. The van der Waals surface area contributed by atoms with Gasteiger partial charge in [0.15, 0.2) is 10.8 Å². The van der Waals surface area contributed by atoms with E-state index in [2.05, 4.69) is 52.9 Å². The van der Waals surface area contributed by atoms with Gasteiger partial charge in [-0.2, -0.15) is 5.10 Å². The summed E-state index contributed by atoms with van der Waals surface area (Å²) in [5.74, 6) is 0.0194. The Kier molecular flexibility index (Phi) is 7.95. The van der Waals surface area contributed by atoms with Crippen LogP contribution in [0.4, 0.5) is 10.9 Å². The summed E-state index contributed by atoms with van der Waals surface area (Å²) in [6.45, 7) is 15.3. The zero-order valence-corrected chi connectivity index (χ0v) is 33.1. The first-order valence-electron chi connectivity index (χ1n) is 19.4. The summed E-state index contributed by atoms with van der Waals surface area (Å²) >= 11 is 1.46. The van der Waals surface area contributed by atoms with Crippen molar-refractivity contribution in [3.8, 4) is 11.1 Å². The van der Waals surface area contributed by atoms with Gasteiger partial charge < -0.3 is 9.64 Å². The fraction of sp³-hybridized carbons (Fsp3) is 0.477. The van der Waals surface area contributed by atoms with Crippen LogP contribution < -0.4 is 10.2 Å². The first kappa shape index (κ1) is 35.2. The number of para-hydroxylation sites is 1. The second-order valence-electron chi connectivity index (χ2n) is 19.0. The molecule has 54 heavy (non-hydrogen) atoms. The van der Waals surface area contributed by atoms with Crippen molar-refractivity contribution in [2.45, 2.75) is 105 Å². The van der Waals surface area contributed by atoms with E-state index in [9.17, 15) is 9.59 Å². The number of hydrogen-bond donors (Lipinski definition) is 1. The molecule has 4 fully saturated rings. The summed E-state index contributed by atoms with van der Waals surface area (Å²) in [5, 5.41) is 8.51. The van der Waals surface area contributed by atoms with Crippen molar-refractivity contribution in [2.75, 3.05) is 16.8 Å². The highest BCUT2D eigenvalue weighted by Crippen LogP contribution is 2.73. The largest absolute Gasteiger partial charge is 0.455 e. The van der Waals surface area contributed by atoms with Crippen LogP contribution in [0.2, 0.25) is 0 Å². The molecule has 4 saturated carbocycles. The third kappa shape index (κ3) is 6.50. The summed E-state index contributed by atoms with van der Waals surface area (Å²) in [6.07, 6.45) is 12.5. The molecule has 4 aliphatic carbocycles. The Labute approximate surface area is 321 Å². The molecular weight excluding hydrogens is 693 g/mol. The van der Waals surface area contributed by atoms with Crippen molar-refractivity contribution in [1.82, 2.24) is 19.7 Å². The predicted octanol–water partition coefficient (Wildman–Crippen LogP) is 9.71. The summed E-state index contributed by atoms with van der Waals surface area (Å²) in [7, 11) is 0. The molecule has 0 atom stereocenters. The molecule has 3 aromatic heterocycles. The Morgan fingerprint density at radius 2 is 1.61 bits per heavy atom. The van der Waals surface area contributed by atoms with Gasteiger partial charge in [-0.3, -0.25) is 14.8 Å². The molecule has 5 aromatic rings. The first-order chi connectivity index (χ1) is 25.6. The van der Waals surface area contributed by atoms with E-state index in [1.807, 2.05) is 75.5 Å². The van der Waals surface area contributed by atoms with Gasteiger partial charge in [0.2, 0.25) is 0 Å². The third-order valence-corrected chi connectivity index (χ3v) is 13.2. The number of carbonyl (C=O) groups excluding carboxylic acids is 2. The molecule has 1 amide bonds. The van der Waals surface area contributed by atoms with Crippen LogP contribution >= 0.6 is 11.3 Å². The molecule has 280 valence electrons. The number of nitrogens with zero attached hydrogens (tertiary/aromatic N) is 5. The van der Waals surface area contributed by atoms with E-state index in [0.29, 0.717) is 51.4 Å². The van der Waals surface area contributed by atoms with E-state index < -0.39 is 11.6 Å². The van der Waals surface area contributed by atoms with E-state index in [0.717, 1.165) is 39.9 Å². The second-order valence-corrected chi connectivity index (χ2v) is 20.1. The molecule has 4 heterocycles. The van der Waals surface area contributed by atoms with Crippen LogP contribution in [-0.2, 0) is 24.2 Å². The standard InChI is InChI=1S/C44H50N6O3S/c1-40(2,3)53-38(52)36-30(29-18-45-50(19-29)27-44-24-41(4)21-42(5,25-44)23-43(6,22-41)26-44)14-15-35(47-36)49-17-16-28-10-9-11-31(32(28)20-49)37(51)48-39-46-33-12-7-8-13-34(33)54-39/h7-15,18-19H,16-17,20-27H2,1-6H3,(H,46,48,51). The fourth-order valence-corrected chi connectivity index (χ4v) is 12.9. The number of nitrogens with one attached hydrogen (secondary N) is 1. The summed E-state index contributed by atoms with van der Waals surface area (Å²) in [6, 6.07) is 17.7. The van der Waals surface area contributed by atoms with Gasteiger partial charge >= 0.3 is 5.97 Å². The third-order valence-electron chi connectivity index (χ3n) is 12.2. The number of anilines is 2. The highest BCUT2D eigenvalue weighted by Gasteiger charge is 2.64. The predicted molar refractivity (Wildman–Crippen MR) is 214 cm³/mol. The summed E-state index contributed by atoms with van der Waals surface area (Å²) in [5.41, 5.74) is 6.15. The Balaban J connectivity index is 0.995. The van der Waals surface area contributed by atoms with E-state index in [1.165, 1.54) is 49.9 Å². The number of carbonyl (C=O) groups is 2. The number of rotatable bonds is 7. The van der Waals surface area contributed by atoms with E-state index in [1.54, 1.807) is 0 Å². The molecule has 2 aromatic carbocycles. The molecule has 5 aliphatic rings. The number of hydrogen-bond acceptors (Lipinski definition) is 8. The van der Waals surface area contributed by atoms with Crippen molar-refractivity contribution in [3.63, 3.8) is 0 Å². The molecule has 9 nitrogen and oxygen atoms in total. The quantitative estimate of drug-likeness (QED) is 0.166. The fourth-order valence-electron chi connectivity index (χ4n) is 12.1. The van der Waals surface area contributed by atoms with Crippen LogP contribution in [0.1, 0.15) is 112 Å². The number of esters is 1. The highest BCUT2D eigenvalue weighted by atomic mass is 32.1. The normalized spacial score (nSPS) is 27.3. The maximum atomic E-state index is 13.9. The van der Waals surface area contributed by atoms with Crippen molar-refractivity contribution in [2.24, 2.45) is 21.7 Å². The van der Waals surface area contributed by atoms with E-state index in [4.69, 9.17) is 14.8 Å². The molecule has 0 radical (unpaired) electrons. The molecule has 1 N–H and O–H groups in total. The number of pyridine rings is 1. The highest BCUT2D eigenvalue weighted by molar-refractivity contribution is 7.22. The molecule has 0 spiro atoms. The minimum Gasteiger partial charge on any atom is -0.455 e. The van der Waals surface area contributed by atoms with Crippen LogP contribution in [0.3, 0.4) is 0 Å². The number of aromatic nitrogens is 4. The summed E-state index contributed by atoms with van der Waals surface area (Å²) < 4.78 is 9.08. The van der Waals surface area contributed by atoms with Crippen LogP contribution in [0, 0.1) is 21.7 Å². The molecule has 4 bridgehead atoms. The lowest BCUT2D eigenvalue weighted by Crippen LogP contribution is -2.59. The molecule has 1 aliphatic heterocycles. The van der Waals surface area contributed by atoms with E-state index in [-0.39, 0.29) is 17.0 Å². The lowest BCUT2D eigenvalue weighted by molar-refractivity contribution is -0.188. The number of ether oxygens (including phenoxy) is 1. The number of amides is 1. The second kappa shape index (κ2) is 12.2. The van der Waals surface area contributed by atoms with Gasteiger partial charge in [0.1, 0.15) is 11.4 Å². The van der Waals surface area contributed by atoms with Gasteiger partial charge in [-0.25, -0.2) is 14.8 Å². The zero-order chi connectivity index (χ0) is 37.7. The number of thiazole rings is 1. The van der Waals surface area contributed by atoms with Crippen molar-refractivity contribution in [1.29, 1.82) is 0 Å². The lowest BCUT2D eigenvalue weighted by atomic mass is 9.36.